The van der Waals surface area contributed by atoms with Crippen molar-refractivity contribution in [3.8, 4) is 0 Å². The molecule has 0 rings (SSSR count). The quantitative estimate of drug-likeness (QED) is 0.301. The van der Waals surface area contributed by atoms with Crippen LogP contribution in [0.1, 0.15) is 1.43 Å². The molecule has 0 spiro atoms. The maximum atomic E-state index is 8.00. The Hall–Kier alpha value is 1.30. The van der Waals surface area contributed by atoms with Gasteiger partial charge in [-0.15, -0.1) is 0 Å². The summed E-state index contributed by atoms with van der Waals surface area (Å²) in [6.45, 7) is 0.0289. The molecule has 0 saturated carbocycles. The Labute approximate surface area is 87.1 Å². The Balaban J connectivity index is -0.000000125. The van der Waals surface area contributed by atoms with Crippen molar-refractivity contribution in [3.63, 3.8) is 0 Å². The third-order valence-corrected chi connectivity index (χ3v) is 0.377. The summed E-state index contributed by atoms with van der Waals surface area (Å²) in [5.74, 6) is 0. The topological polar surface area (TPSA) is 40.5 Å². The van der Waals surface area contributed by atoms with E-state index in [9.17, 15) is 0 Å². The molecule has 0 aliphatic carbocycles. The zero-order valence-electron chi connectivity index (χ0n) is 5.46. The molecular weight excluding hydrogens is 119 g/mol. The molecule has 0 heterocycles. The molecule has 38 valence electrons. The van der Waals surface area contributed by atoms with Crippen molar-refractivity contribution in [1.82, 2.24) is 0 Å². The van der Waals surface area contributed by atoms with E-state index in [4.69, 9.17) is 10.2 Å². The largest absolute Gasteiger partial charge is 1.00 e. The van der Waals surface area contributed by atoms with Crippen LogP contribution in [0.5, 0.6) is 0 Å². The predicted molar refractivity (Wildman–Crippen MR) is 24.4 cm³/mol. The first kappa shape index (κ1) is 11.1. The van der Waals surface area contributed by atoms with E-state index in [1.54, 1.807) is 0 Å². The molecule has 0 aromatic heterocycles. The van der Waals surface area contributed by atoms with Crippen LogP contribution in [0, 0.1) is 0 Å². The van der Waals surface area contributed by atoms with E-state index >= 15 is 0 Å². The van der Waals surface area contributed by atoms with Gasteiger partial charge < -0.3 is 11.6 Å². The fourth-order valence-corrected chi connectivity index (χ4v) is 0.149. The van der Waals surface area contributed by atoms with E-state index in [-0.39, 0.29) is 66.0 Å². The smallest absolute Gasteiger partial charge is 1.00 e. The first-order chi connectivity index (χ1) is 2.91. The summed E-state index contributed by atoms with van der Waals surface area (Å²) in [6.07, 6.45) is 2.97. The third-order valence-electron chi connectivity index (χ3n) is 0.377. The van der Waals surface area contributed by atoms with Gasteiger partial charge in [-0.2, -0.15) is 0 Å². The Kier molecular flexibility index (Phi) is 16.4. The molecule has 7 heavy (non-hydrogen) atoms. The minimum atomic E-state index is 0. The summed E-state index contributed by atoms with van der Waals surface area (Å²) in [5, 5.41) is 16.0. The molecule has 0 aliphatic heterocycles. The van der Waals surface area contributed by atoms with Gasteiger partial charge in [0, 0.05) is 0 Å². The number of aliphatic hydroxyl groups is 2. The van der Waals surface area contributed by atoms with E-state index in [1.807, 2.05) is 0 Å². The summed E-state index contributed by atoms with van der Waals surface area (Å²) < 4.78 is 0. The number of aliphatic hydroxyl groups excluding tert-OH is 2. The van der Waals surface area contributed by atoms with Crippen molar-refractivity contribution >= 4 is 0 Å². The molecule has 0 unspecified atom stereocenters. The Bertz CT molecular complexity index is 43.3. The van der Waals surface area contributed by atoms with Crippen molar-refractivity contribution in [2.75, 3.05) is 13.2 Å². The van der Waals surface area contributed by atoms with Crippen molar-refractivity contribution in [2.45, 2.75) is 0 Å². The van der Waals surface area contributed by atoms with Gasteiger partial charge in [0.05, 0.1) is 13.2 Å². The second-order valence-corrected chi connectivity index (χ2v) is 0.837. The van der Waals surface area contributed by atoms with E-state index in [0.29, 0.717) is 0 Å². The standard InChI is InChI=1S/C4H8O2.K.H/c5-3-1-2-4-6;;/h1-2,5-6H,3-4H2;;/q;+1;-1. The summed E-state index contributed by atoms with van der Waals surface area (Å²) in [6, 6.07) is 0. The van der Waals surface area contributed by atoms with Gasteiger partial charge in [0.25, 0.3) is 0 Å². The molecule has 0 atom stereocenters. The van der Waals surface area contributed by atoms with Gasteiger partial charge in [0.2, 0.25) is 0 Å². The summed E-state index contributed by atoms with van der Waals surface area (Å²) in [7, 11) is 0. The maximum absolute atomic E-state index is 8.00. The van der Waals surface area contributed by atoms with Gasteiger partial charge >= 0.3 is 51.4 Å². The maximum Gasteiger partial charge on any atom is 1.00 e. The van der Waals surface area contributed by atoms with E-state index in [2.05, 4.69) is 0 Å². The van der Waals surface area contributed by atoms with E-state index in [1.165, 1.54) is 12.2 Å². The molecule has 3 heteroatoms. The Morgan fingerprint density at radius 3 is 1.57 bits per heavy atom. The van der Waals surface area contributed by atoms with Crippen LogP contribution in [0.15, 0.2) is 12.2 Å². The molecule has 0 aromatic carbocycles. The van der Waals surface area contributed by atoms with Crippen molar-refractivity contribution in [2.24, 2.45) is 0 Å². The molecule has 0 amide bonds. The van der Waals surface area contributed by atoms with Crippen LogP contribution in [0.3, 0.4) is 0 Å². The van der Waals surface area contributed by atoms with Crippen LogP contribution in [-0.2, 0) is 0 Å². The van der Waals surface area contributed by atoms with Crippen molar-refractivity contribution in [3.05, 3.63) is 12.2 Å². The molecular formula is C4H9KO2. The van der Waals surface area contributed by atoms with Crippen LogP contribution in [0.4, 0.5) is 0 Å². The second kappa shape index (κ2) is 10.3. The fraction of sp³-hybridized carbons (Fsp3) is 0.500. The summed E-state index contributed by atoms with van der Waals surface area (Å²) in [4.78, 5) is 0. The molecule has 0 aliphatic rings. The van der Waals surface area contributed by atoms with Crippen molar-refractivity contribution in [1.29, 1.82) is 0 Å². The average Bonchev–Trinajstić information content (AvgIpc) is 1.61. The minimum absolute atomic E-state index is 0. The van der Waals surface area contributed by atoms with Gasteiger partial charge in [-0.25, -0.2) is 0 Å². The van der Waals surface area contributed by atoms with Gasteiger partial charge in [-0.05, 0) is 0 Å². The first-order valence-electron chi connectivity index (χ1n) is 1.78. The van der Waals surface area contributed by atoms with Crippen LogP contribution in [-0.4, -0.2) is 23.4 Å². The number of hydrogen-bond acceptors (Lipinski definition) is 2. The van der Waals surface area contributed by atoms with E-state index in [0.717, 1.165) is 0 Å². The van der Waals surface area contributed by atoms with Gasteiger partial charge in [0.15, 0.2) is 0 Å². The van der Waals surface area contributed by atoms with Crippen molar-refractivity contribution < 1.29 is 63.0 Å². The molecule has 0 aromatic rings. The molecule has 2 N–H and O–H groups in total. The number of hydrogen-bond donors (Lipinski definition) is 2. The third kappa shape index (κ3) is 11.1. The van der Waals surface area contributed by atoms with Crippen LogP contribution in [0.25, 0.3) is 0 Å². The number of rotatable bonds is 2. The minimum Gasteiger partial charge on any atom is -1.00 e. The predicted octanol–water partition coefficient (Wildman–Crippen LogP) is -3.36. The van der Waals surface area contributed by atoms with Gasteiger partial charge in [-0.3, -0.25) is 0 Å². The molecule has 0 saturated heterocycles. The zero-order chi connectivity index (χ0) is 4.83. The van der Waals surface area contributed by atoms with Crippen LogP contribution in [0.2, 0.25) is 0 Å². The normalized spacial score (nSPS) is 8.86. The van der Waals surface area contributed by atoms with Gasteiger partial charge in [0.1, 0.15) is 0 Å². The SMILES string of the molecule is OCC=CCO.[H-].[K+]. The zero-order valence-corrected chi connectivity index (χ0v) is 7.59. The molecule has 0 fully saturated rings. The molecule has 0 radical (unpaired) electrons. The van der Waals surface area contributed by atoms with Gasteiger partial charge in [-0.1, -0.05) is 12.2 Å². The Morgan fingerprint density at radius 2 is 1.43 bits per heavy atom. The fourth-order valence-electron chi connectivity index (χ4n) is 0.149. The summed E-state index contributed by atoms with van der Waals surface area (Å²) in [5.41, 5.74) is 0. The Morgan fingerprint density at radius 1 is 1.14 bits per heavy atom. The molecule has 0 bridgehead atoms. The molecule has 2 nitrogen and oxygen atoms in total. The van der Waals surface area contributed by atoms with Crippen LogP contribution >= 0.6 is 0 Å². The first-order valence-corrected chi connectivity index (χ1v) is 1.78. The monoisotopic (exact) mass is 128 g/mol. The van der Waals surface area contributed by atoms with Crippen LogP contribution < -0.4 is 51.4 Å². The van der Waals surface area contributed by atoms with E-state index < -0.39 is 0 Å². The second-order valence-electron chi connectivity index (χ2n) is 0.837. The summed E-state index contributed by atoms with van der Waals surface area (Å²) >= 11 is 0. The average molecular weight is 128 g/mol.